The minimum atomic E-state index is -0.671. The van der Waals surface area contributed by atoms with Gasteiger partial charge in [-0.2, -0.15) is 15.5 Å². The number of nitrogens with zero attached hydrogens (tertiary/aromatic N) is 4. The molecule has 0 amide bonds. The molecule has 0 unspecified atom stereocenters. The second-order valence-corrected chi connectivity index (χ2v) is 8.27. The average molecular weight is 464 g/mol. The minimum Gasteiger partial charge on any atom is -0.492 e. The van der Waals surface area contributed by atoms with Gasteiger partial charge in [0.25, 0.3) is 5.56 Å². The van der Waals surface area contributed by atoms with E-state index in [0.717, 1.165) is 5.69 Å². The van der Waals surface area contributed by atoms with Gasteiger partial charge in [0.2, 0.25) is 0 Å². The number of ether oxygens (including phenoxy) is 1. The zero-order valence-electron chi connectivity index (χ0n) is 18.0. The SMILES string of the molecule is CCc1n[nH]c(=O)c2ccc(-c3cnn(C)c3-c3c(F)c(Cl)c4c(c3C#N)OCCC4)cc12. The van der Waals surface area contributed by atoms with E-state index in [9.17, 15) is 10.1 Å². The second kappa shape index (κ2) is 8.01. The smallest absolute Gasteiger partial charge is 0.272 e. The quantitative estimate of drug-likeness (QED) is 0.481. The summed E-state index contributed by atoms with van der Waals surface area (Å²) in [5.74, 6) is -0.338. The summed E-state index contributed by atoms with van der Waals surface area (Å²) in [5.41, 5.74) is 2.85. The van der Waals surface area contributed by atoms with Gasteiger partial charge >= 0.3 is 0 Å². The molecular formula is C24H19ClFN5O2. The van der Waals surface area contributed by atoms with Gasteiger partial charge in [0.05, 0.1) is 40.2 Å². The van der Waals surface area contributed by atoms with Gasteiger partial charge in [0.1, 0.15) is 17.4 Å². The van der Waals surface area contributed by atoms with E-state index in [1.807, 2.05) is 13.0 Å². The van der Waals surface area contributed by atoms with Gasteiger partial charge in [-0.05, 0) is 37.0 Å². The van der Waals surface area contributed by atoms with Gasteiger partial charge in [0.15, 0.2) is 5.82 Å². The van der Waals surface area contributed by atoms with Crippen molar-refractivity contribution in [1.82, 2.24) is 20.0 Å². The molecule has 2 aromatic heterocycles. The molecule has 1 N–H and O–H groups in total. The van der Waals surface area contributed by atoms with Gasteiger partial charge in [-0.1, -0.05) is 24.6 Å². The Bertz CT molecular complexity index is 1530. The van der Waals surface area contributed by atoms with E-state index in [0.29, 0.717) is 64.8 Å². The maximum absolute atomic E-state index is 15.7. The van der Waals surface area contributed by atoms with Gasteiger partial charge in [-0.15, -0.1) is 0 Å². The van der Waals surface area contributed by atoms with Crippen molar-refractivity contribution in [3.05, 3.63) is 62.4 Å². The number of hydrogen-bond acceptors (Lipinski definition) is 5. The zero-order chi connectivity index (χ0) is 23.3. The molecule has 9 heteroatoms. The first-order chi connectivity index (χ1) is 16.0. The average Bonchev–Trinajstić information content (AvgIpc) is 3.22. The number of benzene rings is 2. The molecule has 2 aromatic carbocycles. The molecule has 7 nitrogen and oxygen atoms in total. The standard InChI is InChI=1S/C24H19ClFN5O2/c1-3-18-15-9-12(6-7-13(15)24(32)30-29-18)17-11-28-31(2)22(17)19-16(10-27)23-14(5-4-8-33-23)20(25)21(19)26/h6-7,9,11H,3-5,8H2,1-2H3,(H,30,32). The Hall–Kier alpha value is -3.70. The van der Waals surface area contributed by atoms with Gasteiger partial charge < -0.3 is 4.74 Å². The molecule has 33 heavy (non-hydrogen) atoms. The molecule has 0 saturated carbocycles. The van der Waals surface area contributed by atoms with Gasteiger partial charge in [0, 0.05) is 23.6 Å². The monoisotopic (exact) mass is 463 g/mol. The van der Waals surface area contributed by atoms with E-state index < -0.39 is 5.82 Å². The third kappa shape index (κ3) is 3.19. The number of nitrogens with one attached hydrogen (secondary N) is 1. The summed E-state index contributed by atoms with van der Waals surface area (Å²) in [5, 5.41) is 22.2. The van der Waals surface area contributed by atoms with Crippen LogP contribution in [0.1, 0.15) is 30.2 Å². The lowest BCUT2D eigenvalue weighted by molar-refractivity contribution is 0.287. The van der Waals surface area contributed by atoms with Crippen molar-refractivity contribution in [1.29, 1.82) is 5.26 Å². The van der Waals surface area contributed by atoms with Crippen LogP contribution in [0, 0.1) is 17.1 Å². The molecule has 4 aromatic rings. The molecule has 0 atom stereocenters. The van der Waals surface area contributed by atoms with Crippen LogP contribution >= 0.6 is 11.6 Å². The van der Waals surface area contributed by atoms with Crippen LogP contribution in [-0.2, 0) is 19.9 Å². The Morgan fingerprint density at radius 3 is 2.94 bits per heavy atom. The summed E-state index contributed by atoms with van der Waals surface area (Å²) < 4.78 is 22.9. The lowest BCUT2D eigenvalue weighted by atomic mass is 9.92. The van der Waals surface area contributed by atoms with Crippen molar-refractivity contribution in [2.75, 3.05) is 6.61 Å². The van der Waals surface area contributed by atoms with Crippen molar-refractivity contribution in [2.24, 2.45) is 7.05 Å². The van der Waals surface area contributed by atoms with E-state index >= 15 is 4.39 Å². The number of aromatic amines is 1. The van der Waals surface area contributed by atoms with Crippen LogP contribution in [0.3, 0.4) is 0 Å². The molecule has 0 aliphatic carbocycles. The minimum absolute atomic E-state index is 0.0339. The van der Waals surface area contributed by atoms with Gasteiger partial charge in [-0.3, -0.25) is 9.48 Å². The van der Waals surface area contributed by atoms with Crippen molar-refractivity contribution < 1.29 is 9.13 Å². The lowest BCUT2D eigenvalue weighted by Crippen LogP contribution is -2.13. The maximum atomic E-state index is 15.7. The molecule has 166 valence electrons. The van der Waals surface area contributed by atoms with E-state index in [-0.39, 0.29) is 21.7 Å². The maximum Gasteiger partial charge on any atom is 0.272 e. The molecule has 0 spiro atoms. The summed E-state index contributed by atoms with van der Waals surface area (Å²) >= 11 is 6.41. The number of rotatable bonds is 3. The predicted octanol–water partition coefficient (Wildman–Crippen LogP) is 4.54. The number of halogens is 2. The fourth-order valence-corrected chi connectivity index (χ4v) is 4.73. The number of hydrogen-bond donors (Lipinski definition) is 1. The van der Waals surface area contributed by atoms with Crippen LogP contribution in [0.2, 0.25) is 5.02 Å². The highest BCUT2D eigenvalue weighted by atomic mass is 35.5. The summed E-state index contributed by atoms with van der Waals surface area (Å²) in [4.78, 5) is 12.2. The molecule has 1 aliphatic heterocycles. The van der Waals surface area contributed by atoms with Crippen molar-refractivity contribution in [3.63, 3.8) is 0 Å². The lowest BCUT2D eigenvalue weighted by Gasteiger charge is -2.22. The molecule has 3 heterocycles. The topological polar surface area (TPSA) is 96.6 Å². The van der Waals surface area contributed by atoms with Gasteiger partial charge in [-0.25, -0.2) is 9.49 Å². The summed E-state index contributed by atoms with van der Waals surface area (Å²) in [7, 11) is 1.68. The summed E-state index contributed by atoms with van der Waals surface area (Å²) in [6.45, 7) is 2.39. The Morgan fingerprint density at radius 1 is 1.36 bits per heavy atom. The number of H-pyrrole nitrogens is 1. The number of nitriles is 1. The normalized spacial score (nSPS) is 12.9. The fraction of sp³-hybridized carbons (Fsp3) is 0.250. The first kappa shape index (κ1) is 21.2. The highest BCUT2D eigenvalue weighted by Crippen LogP contribution is 2.45. The third-order valence-electron chi connectivity index (χ3n) is 6.05. The predicted molar refractivity (Wildman–Crippen MR) is 123 cm³/mol. The van der Waals surface area contributed by atoms with E-state index in [4.69, 9.17) is 16.3 Å². The van der Waals surface area contributed by atoms with E-state index in [2.05, 4.69) is 21.4 Å². The number of aryl methyl sites for hydroxylation is 2. The van der Waals surface area contributed by atoms with Crippen LogP contribution < -0.4 is 10.3 Å². The largest absolute Gasteiger partial charge is 0.492 e. The molecule has 0 saturated heterocycles. The highest BCUT2D eigenvalue weighted by Gasteiger charge is 2.30. The fourth-order valence-electron chi connectivity index (χ4n) is 4.45. The molecule has 1 aliphatic rings. The Labute approximate surface area is 193 Å². The molecule has 0 bridgehead atoms. The summed E-state index contributed by atoms with van der Waals surface area (Å²) in [6.07, 6.45) is 3.49. The Morgan fingerprint density at radius 2 is 2.18 bits per heavy atom. The van der Waals surface area contributed by atoms with Crippen molar-refractivity contribution in [3.8, 4) is 34.2 Å². The van der Waals surface area contributed by atoms with Crippen LogP contribution in [-0.4, -0.2) is 26.6 Å². The van der Waals surface area contributed by atoms with E-state index in [1.165, 1.54) is 4.68 Å². The number of fused-ring (bicyclic) bond motifs is 2. The Balaban J connectivity index is 1.81. The third-order valence-corrected chi connectivity index (χ3v) is 6.44. The Kier molecular flexibility index (Phi) is 5.14. The van der Waals surface area contributed by atoms with Crippen molar-refractivity contribution >= 4 is 22.4 Å². The molecule has 0 radical (unpaired) electrons. The first-order valence-electron chi connectivity index (χ1n) is 10.6. The zero-order valence-corrected chi connectivity index (χ0v) is 18.8. The number of aromatic nitrogens is 4. The second-order valence-electron chi connectivity index (χ2n) is 7.89. The van der Waals surface area contributed by atoms with Crippen LogP contribution in [0.25, 0.3) is 33.2 Å². The summed E-state index contributed by atoms with van der Waals surface area (Å²) in [6, 6.07) is 7.46. The van der Waals surface area contributed by atoms with Crippen LogP contribution in [0.4, 0.5) is 4.39 Å². The van der Waals surface area contributed by atoms with Crippen LogP contribution in [0.5, 0.6) is 5.75 Å². The molecular weight excluding hydrogens is 445 g/mol. The molecule has 0 fully saturated rings. The van der Waals surface area contributed by atoms with Crippen molar-refractivity contribution in [2.45, 2.75) is 26.2 Å². The highest BCUT2D eigenvalue weighted by molar-refractivity contribution is 6.32. The van der Waals surface area contributed by atoms with Crippen LogP contribution in [0.15, 0.2) is 29.2 Å². The van der Waals surface area contributed by atoms with E-state index in [1.54, 1.807) is 25.4 Å². The first-order valence-corrected chi connectivity index (χ1v) is 10.9. The molecule has 5 rings (SSSR count).